The number of aromatic nitrogens is 1. The number of hydrogen-bond acceptors (Lipinski definition) is 4. The maximum absolute atomic E-state index is 6.21. The number of furan rings is 1. The largest absolute Gasteiger partial charge is 0.456 e. The third-order valence-electron chi connectivity index (χ3n) is 11.3. The molecule has 11 rings (SSSR count). The number of nitrogens with zero attached hydrogens (tertiary/aromatic N) is 2. The number of fused-ring (bicyclic) bond motifs is 5. The van der Waals surface area contributed by atoms with Crippen LogP contribution in [-0.4, -0.2) is 4.98 Å². The van der Waals surface area contributed by atoms with Crippen molar-refractivity contribution < 1.29 is 4.42 Å². The fourth-order valence-electron chi connectivity index (χ4n) is 8.46. The molecular formula is C54H37N3O. The zero-order valence-electron chi connectivity index (χ0n) is 31.6. The van der Waals surface area contributed by atoms with Gasteiger partial charge in [-0.25, -0.2) is 0 Å². The monoisotopic (exact) mass is 743 g/mol. The second-order valence-corrected chi connectivity index (χ2v) is 14.9. The van der Waals surface area contributed by atoms with Crippen molar-refractivity contribution in [2.45, 2.75) is 6.04 Å². The van der Waals surface area contributed by atoms with E-state index in [0.29, 0.717) is 0 Å². The fraction of sp³-hybridized carbons (Fsp3) is 0.0185. The van der Waals surface area contributed by atoms with Gasteiger partial charge in [-0.2, -0.15) is 0 Å². The molecule has 4 heteroatoms. The van der Waals surface area contributed by atoms with Crippen LogP contribution in [0.4, 0.5) is 17.1 Å². The predicted molar refractivity (Wildman–Crippen MR) is 241 cm³/mol. The Bertz CT molecular complexity index is 3090. The van der Waals surface area contributed by atoms with Gasteiger partial charge in [-0.3, -0.25) is 4.98 Å². The molecule has 4 heterocycles. The van der Waals surface area contributed by atoms with Gasteiger partial charge in [-0.05, 0) is 147 Å². The lowest BCUT2D eigenvalue weighted by Gasteiger charge is -2.27. The number of pyridine rings is 1. The first-order chi connectivity index (χ1) is 28.7. The molecule has 9 aromatic rings. The van der Waals surface area contributed by atoms with Crippen molar-refractivity contribution in [2.75, 3.05) is 4.90 Å². The number of anilines is 3. The van der Waals surface area contributed by atoms with Crippen molar-refractivity contribution in [2.24, 2.45) is 0 Å². The smallest absolute Gasteiger partial charge is 0.135 e. The molecule has 0 saturated carbocycles. The molecule has 4 nitrogen and oxygen atoms in total. The molecule has 0 saturated heterocycles. The van der Waals surface area contributed by atoms with E-state index in [-0.39, 0.29) is 6.04 Å². The Labute approximate surface area is 337 Å². The third-order valence-corrected chi connectivity index (χ3v) is 11.3. The SMILES string of the molecule is C1=Cc2cc(-c3cc(C4=CC(c5ccncc5)=CC(c5ccc6oc7ccccc7c6c5)N4)cc(-c4ccccc4)c3)ccc2N(c2ccccc2)c2ccccc21. The number of benzene rings is 7. The zero-order valence-corrected chi connectivity index (χ0v) is 31.6. The number of allylic oxidation sites excluding steroid dienone is 2. The summed E-state index contributed by atoms with van der Waals surface area (Å²) in [5, 5.41) is 6.20. The van der Waals surface area contributed by atoms with E-state index in [2.05, 4.69) is 203 Å². The molecule has 2 aromatic heterocycles. The molecule has 0 spiro atoms. The van der Waals surface area contributed by atoms with Crippen molar-refractivity contribution in [1.82, 2.24) is 10.3 Å². The first kappa shape index (κ1) is 33.6. The Morgan fingerprint density at radius 3 is 2.03 bits per heavy atom. The van der Waals surface area contributed by atoms with E-state index < -0.39 is 0 Å². The molecule has 1 unspecified atom stereocenters. The molecule has 0 amide bonds. The summed E-state index contributed by atoms with van der Waals surface area (Å²) in [5.74, 6) is 0. The van der Waals surface area contributed by atoms with Gasteiger partial charge in [-0.15, -0.1) is 0 Å². The molecule has 58 heavy (non-hydrogen) atoms. The van der Waals surface area contributed by atoms with E-state index in [0.717, 1.165) is 89.2 Å². The lowest BCUT2D eigenvalue weighted by Crippen LogP contribution is -2.21. The van der Waals surface area contributed by atoms with Gasteiger partial charge in [0, 0.05) is 34.6 Å². The average Bonchev–Trinajstić information content (AvgIpc) is 3.59. The lowest BCUT2D eigenvalue weighted by atomic mass is 9.90. The summed E-state index contributed by atoms with van der Waals surface area (Å²) in [7, 11) is 0. The third kappa shape index (κ3) is 6.08. The highest BCUT2D eigenvalue weighted by Crippen LogP contribution is 2.44. The number of nitrogens with one attached hydrogen (secondary N) is 1. The molecule has 274 valence electrons. The van der Waals surface area contributed by atoms with Crippen LogP contribution in [0.3, 0.4) is 0 Å². The Kier molecular flexibility index (Phi) is 8.18. The molecule has 0 bridgehead atoms. The average molecular weight is 744 g/mol. The van der Waals surface area contributed by atoms with Crippen LogP contribution in [0.2, 0.25) is 0 Å². The summed E-state index contributed by atoms with van der Waals surface area (Å²) in [6, 6.07) is 62.6. The molecule has 0 aliphatic carbocycles. The number of hydrogen-bond donors (Lipinski definition) is 1. The first-order valence-corrected chi connectivity index (χ1v) is 19.7. The minimum absolute atomic E-state index is 0.0895. The number of rotatable bonds is 6. The predicted octanol–water partition coefficient (Wildman–Crippen LogP) is 14.0. The minimum Gasteiger partial charge on any atom is -0.456 e. The van der Waals surface area contributed by atoms with Gasteiger partial charge >= 0.3 is 0 Å². The van der Waals surface area contributed by atoms with Crippen molar-refractivity contribution >= 4 is 62.4 Å². The summed E-state index contributed by atoms with van der Waals surface area (Å²) in [6.07, 6.45) is 12.8. The second-order valence-electron chi connectivity index (χ2n) is 14.9. The van der Waals surface area contributed by atoms with Crippen LogP contribution in [0.5, 0.6) is 0 Å². The highest BCUT2D eigenvalue weighted by molar-refractivity contribution is 6.05. The van der Waals surface area contributed by atoms with Gasteiger partial charge < -0.3 is 14.6 Å². The van der Waals surface area contributed by atoms with Gasteiger partial charge in [0.05, 0.1) is 17.4 Å². The Hall–Kier alpha value is -7.69. The van der Waals surface area contributed by atoms with Crippen molar-refractivity contribution in [3.05, 3.63) is 228 Å². The van der Waals surface area contributed by atoms with Crippen molar-refractivity contribution in [1.29, 1.82) is 0 Å². The standard InChI is InChI=1S/C54H37N3O/c1-3-11-36(12-4-1)42-30-43(39-21-23-52-41(29-39)20-19-38-13-7-9-17-51(38)57(52)46-14-5-2-6-15-46)32-45(31-42)50-35-44(37-25-27-55-28-26-37)34-49(56-50)40-22-24-54-48(33-40)47-16-8-10-18-53(47)58-54/h1-35,49,56H. The minimum atomic E-state index is -0.0895. The topological polar surface area (TPSA) is 41.3 Å². The van der Waals surface area contributed by atoms with E-state index >= 15 is 0 Å². The summed E-state index contributed by atoms with van der Waals surface area (Å²) in [6.45, 7) is 0. The maximum atomic E-state index is 6.21. The van der Waals surface area contributed by atoms with Gasteiger partial charge in [-0.1, -0.05) is 109 Å². The lowest BCUT2D eigenvalue weighted by molar-refractivity contribution is 0.668. The quantitative estimate of drug-likeness (QED) is 0.184. The Morgan fingerprint density at radius 1 is 0.483 bits per heavy atom. The van der Waals surface area contributed by atoms with Crippen LogP contribution in [0, 0.1) is 0 Å². The molecule has 1 atom stereocenters. The summed E-state index contributed by atoms with van der Waals surface area (Å²) in [5.41, 5.74) is 17.8. The van der Waals surface area contributed by atoms with Crippen LogP contribution in [0.1, 0.15) is 33.9 Å². The highest BCUT2D eigenvalue weighted by atomic mass is 16.3. The van der Waals surface area contributed by atoms with Gasteiger partial charge in [0.25, 0.3) is 0 Å². The van der Waals surface area contributed by atoms with E-state index in [1.165, 1.54) is 11.1 Å². The van der Waals surface area contributed by atoms with E-state index in [1.54, 1.807) is 0 Å². The van der Waals surface area contributed by atoms with Crippen LogP contribution < -0.4 is 10.2 Å². The van der Waals surface area contributed by atoms with Gasteiger partial charge in [0.1, 0.15) is 11.2 Å². The van der Waals surface area contributed by atoms with E-state index in [4.69, 9.17) is 4.42 Å². The van der Waals surface area contributed by atoms with Crippen LogP contribution in [0.25, 0.3) is 67.6 Å². The maximum Gasteiger partial charge on any atom is 0.135 e. The van der Waals surface area contributed by atoms with Gasteiger partial charge in [0.2, 0.25) is 0 Å². The summed E-state index contributed by atoms with van der Waals surface area (Å²) in [4.78, 5) is 6.70. The normalized spacial score (nSPS) is 14.6. The van der Waals surface area contributed by atoms with Crippen LogP contribution in [-0.2, 0) is 0 Å². The summed E-state index contributed by atoms with van der Waals surface area (Å²) < 4.78 is 6.21. The van der Waals surface area contributed by atoms with E-state index in [1.807, 2.05) is 24.5 Å². The Balaban J connectivity index is 1.05. The fourth-order valence-corrected chi connectivity index (χ4v) is 8.46. The van der Waals surface area contributed by atoms with Crippen LogP contribution in [0.15, 0.2) is 205 Å². The second kappa shape index (κ2) is 14.1. The van der Waals surface area contributed by atoms with Crippen molar-refractivity contribution in [3.8, 4) is 22.3 Å². The molecule has 2 aliphatic rings. The number of para-hydroxylation sites is 3. The first-order valence-electron chi connectivity index (χ1n) is 19.7. The molecule has 1 N–H and O–H groups in total. The summed E-state index contributed by atoms with van der Waals surface area (Å²) >= 11 is 0. The van der Waals surface area contributed by atoms with Crippen LogP contribution >= 0.6 is 0 Å². The highest BCUT2D eigenvalue weighted by Gasteiger charge is 2.23. The van der Waals surface area contributed by atoms with Crippen molar-refractivity contribution in [3.63, 3.8) is 0 Å². The van der Waals surface area contributed by atoms with E-state index in [9.17, 15) is 0 Å². The Morgan fingerprint density at radius 2 is 1.17 bits per heavy atom. The zero-order chi connectivity index (χ0) is 38.4. The van der Waals surface area contributed by atoms with Gasteiger partial charge in [0.15, 0.2) is 0 Å². The molecule has 0 radical (unpaired) electrons. The number of dihydropyridines is 1. The molecule has 2 aliphatic heterocycles. The molecular weight excluding hydrogens is 707 g/mol. The molecule has 0 fully saturated rings. The molecule has 7 aromatic carbocycles.